The van der Waals surface area contributed by atoms with Crippen LogP contribution in [0.5, 0.6) is 11.5 Å². The predicted octanol–water partition coefficient (Wildman–Crippen LogP) is 3.86. The minimum absolute atomic E-state index is 0.0466. The van der Waals surface area contributed by atoms with Crippen molar-refractivity contribution in [1.29, 1.82) is 0 Å². The van der Waals surface area contributed by atoms with Crippen LogP contribution in [0, 0.1) is 0 Å². The number of ether oxygens (including phenoxy) is 2. The van der Waals surface area contributed by atoms with Gasteiger partial charge in [-0.05, 0) is 48.0 Å². The van der Waals surface area contributed by atoms with Crippen molar-refractivity contribution in [2.24, 2.45) is 0 Å². The number of benzene rings is 2. The normalized spacial score (nSPS) is 11.9. The first kappa shape index (κ1) is 18.9. The molecule has 2 heterocycles. The molecule has 0 aliphatic heterocycles. The summed E-state index contributed by atoms with van der Waals surface area (Å²) in [7, 11) is 3.20. The van der Waals surface area contributed by atoms with Gasteiger partial charge in [0, 0.05) is 18.0 Å². The van der Waals surface area contributed by atoms with E-state index in [1.165, 1.54) is 11.8 Å². The van der Waals surface area contributed by atoms with E-state index in [-0.39, 0.29) is 5.78 Å². The zero-order valence-electron chi connectivity index (χ0n) is 15.9. The van der Waals surface area contributed by atoms with Crippen molar-refractivity contribution in [1.82, 2.24) is 19.6 Å². The molecule has 0 saturated carbocycles. The van der Waals surface area contributed by atoms with Crippen molar-refractivity contribution in [3.8, 4) is 11.5 Å². The molecule has 0 aliphatic rings. The standard InChI is InChI=1S/C21H18N4O3S/c1-27-16-8-4-14(5-9-16)18(26)19(15-6-10-17(28-2)11-7-15)29-21-23-20-22-12-3-13-25(20)24-21/h3-13,19H,1-2H3. The van der Waals surface area contributed by atoms with Crippen molar-refractivity contribution >= 4 is 23.3 Å². The van der Waals surface area contributed by atoms with Crippen LogP contribution in [0.3, 0.4) is 0 Å². The quantitative estimate of drug-likeness (QED) is 0.341. The summed E-state index contributed by atoms with van der Waals surface area (Å²) < 4.78 is 12.0. The van der Waals surface area contributed by atoms with E-state index in [2.05, 4.69) is 15.1 Å². The number of methoxy groups -OCH3 is 2. The number of hydrogen-bond donors (Lipinski definition) is 0. The monoisotopic (exact) mass is 406 g/mol. The highest BCUT2D eigenvalue weighted by Gasteiger charge is 2.25. The second kappa shape index (κ2) is 8.32. The van der Waals surface area contributed by atoms with Crippen LogP contribution in [0.25, 0.3) is 5.78 Å². The molecule has 7 nitrogen and oxygen atoms in total. The molecule has 146 valence electrons. The highest BCUT2D eigenvalue weighted by Crippen LogP contribution is 2.37. The highest BCUT2D eigenvalue weighted by atomic mass is 32.2. The number of carbonyl (C=O) groups is 1. The maximum Gasteiger partial charge on any atom is 0.253 e. The molecule has 0 bridgehead atoms. The second-order valence-electron chi connectivity index (χ2n) is 6.12. The van der Waals surface area contributed by atoms with Crippen LogP contribution in [0.2, 0.25) is 0 Å². The Balaban J connectivity index is 1.69. The maximum atomic E-state index is 13.3. The third-order valence-electron chi connectivity index (χ3n) is 4.35. The van der Waals surface area contributed by atoms with E-state index in [0.29, 0.717) is 22.2 Å². The fraction of sp³-hybridized carbons (Fsp3) is 0.143. The number of fused-ring (bicyclic) bond motifs is 1. The summed E-state index contributed by atoms with van der Waals surface area (Å²) in [5.74, 6) is 1.86. The number of thioether (sulfide) groups is 1. The van der Waals surface area contributed by atoms with Gasteiger partial charge in [-0.3, -0.25) is 4.79 Å². The largest absolute Gasteiger partial charge is 0.497 e. The number of aromatic nitrogens is 4. The first-order chi connectivity index (χ1) is 14.2. The molecule has 0 spiro atoms. The molecule has 29 heavy (non-hydrogen) atoms. The van der Waals surface area contributed by atoms with Gasteiger partial charge in [0.2, 0.25) is 5.16 Å². The molecular formula is C21H18N4O3S. The molecule has 1 unspecified atom stereocenters. The van der Waals surface area contributed by atoms with Crippen LogP contribution in [-0.4, -0.2) is 39.6 Å². The zero-order valence-corrected chi connectivity index (χ0v) is 16.7. The van der Waals surface area contributed by atoms with E-state index in [9.17, 15) is 4.79 Å². The third kappa shape index (κ3) is 4.07. The van der Waals surface area contributed by atoms with Crippen molar-refractivity contribution in [3.05, 3.63) is 78.1 Å². The van der Waals surface area contributed by atoms with E-state index in [1.807, 2.05) is 24.3 Å². The van der Waals surface area contributed by atoms with Crippen LogP contribution in [0.4, 0.5) is 0 Å². The maximum absolute atomic E-state index is 13.3. The number of hydrogen-bond acceptors (Lipinski definition) is 7. The SMILES string of the molecule is COc1ccc(C(=O)C(Sc2nc3ncccn3n2)c2ccc(OC)cc2)cc1. The lowest BCUT2D eigenvalue weighted by molar-refractivity contribution is 0.0989. The molecule has 0 saturated heterocycles. The number of carbonyl (C=O) groups excluding carboxylic acids is 1. The summed E-state index contributed by atoms with van der Waals surface area (Å²) in [5, 5.41) is 4.38. The summed E-state index contributed by atoms with van der Waals surface area (Å²) in [6.45, 7) is 0. The van der Waals surface area contributed by atoms with Crippen LogP contribution in [-0.2, 0) is 0 Å². The highest BCUT2D eigenvalue weighted by molar-refractivity contribution is 8.00. The van der Waals surface area contributed by atoms with E-state index in [4.69, 9.17) is 9.47 Å². The summed E-state index contributed by atoms with van der Waals surface area (Å²) in [6.07, 6.45) is 3.43. The van der Waals surface area contributed by atoms with Crippen LogP contribution in [0.15, 0.2) is 72.1 Å². The summed E-state index contributed by atoms with van der Waals surface area (Å²) in [6, 6.07) is 16.3. The lowest BCUT2D eigenvalue weighted by atomic mass is 10.0. The smallest absolute Gasteiger partial charge is 0.253 e. The molecule has 1 atom stereocenters. The Bertz CT molecular complexity index is 1090. The summed E-state index contributed by atoms with van der Waals surface area (Å²) in [5.41, 5.74) is 1.42. The second-order valence-corrected chi connectivity index (χ2v) is 7.19. The average molecular weight is 406 g/mol. The van der Waals surface area contributed by atoms with Gasteiger partial charge in [-0.25, -0.2) is 9.50 Å². The molecule has 0 aliphatic carbocycles. The van der Waals surface area contributed by atoms with Gasteiger partial charge >= 0.3 is 0 Å². The molecule has 0 amide bonds. The van der Waals surface area contributed by atoms with E-state index in [1.54, 1.807) is 61.5 Å². The van der Waals surface area contributed by atoms with E-state index >= 15 is 0 Å². The molecule has 4 aromatic rings. The lowest BCUT2D eigenvalue weighted by Crippen LogP contribution is -2.10. The first-order valence-corrected chi connectivity index (χ1v) is 9.72. The minimum atomic E-state index is -0.522. The molecule has 0 N–H and O–H groups in total. The Morgan fingerprint density at radius 3 is 2.28 bits per heavy atom. The van der Waals surface area contributed by atoms with E-state index in [0.717, 1.165) is 11.3 Å². The Hall–Kier alpha value is -3.39. The fourth-order valence-corrected chi connectivity index (χ4v) is 3.84. The topological polar surface area (TPSA) is 78.6 Å². The molecule has 0 radical (unpaired) electrons. The van der Waals surface area contributed by atoms with Crippen LogP contribution >= 0.6 is 11.8 Å². The van der Waals surface area contributed by atoms with Gasteiger partial charge in [0.15, 0.2) is 5.78 Å². The molecule has 8 heteroatoms. The van der Waals surface area contributed by atoms with Gasteiger partial charge in [-0.2, -0.15) is 4.98 Å². The first-order valence-electron chi connectivity index (χ1n) is 8.84. The predicted molar refractivity (Wildman–Crippen MR) is 110 cm³/mol. The Morgan fingerprint density at radius 1 is 1.00 bits per heavy atom. The Kier molecular flexibility index (Phi) is 5.44. The summed E-state index contributed by atoms with van der Waals surface area (Å²) in [4.78, 5) is 22.0. The van der Waals surface area contributed by atoms with E-state index < -0.39 is 5.25 Å². The molecule has 2 aromatic heterocycles. The Morgan fingerprint density at radius 2 is 1.66 bits per heavy atom. The molecular weight excluding hydrogens is 388 g/mol. The van der Waals surface area contributed by atoms with Gasteiger partial charge in [0.05, 0.1) is 14.2 Å². The van der Waals surface area contributed by atoms with Gasteiger partial charge in [0.1, 0.15) is 16.7 Å². The van der Waals surface area contributed by atoms with Crippen molar-refractivity contribution in [2.75, 3.05) is 14.2 Å². The third-order valence-corrected chi connectivity index (χ3v) is 5.46. The fourth-order valence-electron chi connectivity index (χ4n) is 2.83. The number of nitrogens with zero attached hydrogens (tertiary/aromatic N) is 4. The van der Waals surface area contributed by atoms with Crippen molar-refractivity contribution in [3.63, 3.8) is 0 Å². The number of Topliss-reactive ketones (excluding diaryl/α,β-unsaturated/α-hetero) is 1. The van der Waals surface area contributed by atoms with Gasteiger partial charge < -0.3 is 9.47 Å². The summed E-state index contributed by atoms with van der Waals surface area (Å²) >= 11 is 1.29. The van der Waals surface area contributed by atoms with Gasteiger partial charge in [-0.1, -0.05) is 23.9 Å². The van der Waals surface area contributed by atoms with Crippen LogP contribution in [0.1, 0.15) is 21.2 Å². The van der Waals surface area contributed by atoms with Crippen molar-refractivity contribution < 1.29 is 14.3 Å². The number of rotatable bonds is 7. The molecule has 4 rings (SSSR count). The molecule has 0 fully saturated rings. The zero-order chi connectivity index (χ0) is 20.2. The van der Waals surface area contributed by atoms with Gasteiger partial charge in [0.25, 0.3) is 5.78 Å². The minimum Gasteiger partial charge on any atom is -0.497 e. The number of ketones is 1. The van der Waals surface area contributed by atoms with Gasteiger partial charge in [-0.15, -0.1) is 5.10 Å². The average Bonchev–Trinajstić information content (AvgIpc) is 3.20. The van der Waals surface area contributed by atoms with Crippen molar-refractivity contribution in [2.45, 2.75) is 10.4 Å². The Labute approximate surface area is 171 Å². The van der Waals surface area contributed by atoms with Crippen LogP contribution < -0.4 is 9.47 Å². The lowest BCUT2D eigenvalue weighted by Gasteiger charge is -2.15. The molecule has 2 aromatic carbocycles.